The lowest BCUT2D eigenvalue weighted by Crippen LogP contribution is -2.43. The summed E-state index contributed by atoms with van der Waals surface area (Å²) in [6, 6.07) is 6.26. The number of ether oxygens (including phenoxy) is 1. The molecule has 0 aliphatic carbocycles. The average Bonchev–Trinajstić information content (AvgIpc) is 2.40. The maximum Gasteiger partial charge on any atom is 0.488 e. The van der Waals surface area contributed by atoms with Crippen LogP contribution in [0.25, 0.3) is 0 Å². The van der Waals surface area contributed by atoms with Crippen molar-refractivity contribution in [3.63, 3.8) is 0 Å². The van der Waals surface area contributed by atoms with Gasteiger partial charge in [-0.3, -0.25) is 0 Å². The molecule has 96 valence electrons. The van der Waals surface area contributed by atoms with Crippen LogP contribution in [-0.2, 0) is 4.74 Å². The van der Waals surface area contributed by atoms with Crippen molar-refractivity contribution in [3.05, 3.63) is 24.3 Å². The van der Waals surface area contributed by atoms with E-state index in [4.69, 9.17) is 14.8 Å². The minimum Gasteiger partial charge on any atom is -0.423 e. The molecule has 0 unspecified atom stereocenters. The number of anilines is 1. The summed E-state index contributed by atoms with van der Waals surface area (Å²) in [4.78, 5) is 13.5. The Morgan fingerprint density at radius 1 is 1.33 bits per heavy atom. The summed E-state index contributed by atoms with van der Waals surface area (Å²) >= 11 is 0. The highest BCUT2D eigenvalue weighted by Crippen LogP contribution is 2.07. The molecule has 1 aromatic rings. The number of rotatable bonds is 2. The molecule has 2 amide bonds. The number of urea groups is 1. The summed E-state index contributed by atoms with van der Waals surface area (Å²) in [5, 5.41) is 20.8. The summed E-state index contributed by atoms with van der Waals surface area (Å²) in [5.41, 5.74) is 0.881. The first-order valence-corrected chi connectivity index (χ1v) is 5.76. The highest BCUT2D eigenvalue weighted by atomic mass is 16.5. The molecule has 0 aromatic heterocycles. The maximum absolute atomic E-state index is 11.9. The smallest absolute Gasteiger partial charge is 0.423 e. The third-order valence-electron chi connectivity index (χ3n) is 2.73. The Bertz CT molecular complexity index is 421. The molecule has 3 N–H and O–H groups in total. The summed E-state index contributed by atoms with van der Waals surface area (Å²) < 4.78 is 5.16. The van der Waals surface area contributed by atoms with Crippen LogP contribution >= 0.6 is 0 Å². The van der Waals surface area contributed by atoms with Crippen molar-refractivity contribution in [3.8, 4) is 0 Å². The standard InChI is InChI=1S/C11H15BN2O4/c15-11(14-4-6-18-7-5-14)13-10-3-1-2-9(8-10)12(16)17/h1-3,8,16-17H,4-7H2,(H,13,15). The van der Waals surface area contributed by atoms with E-state index >= 15 is 0 Å². The molecule has 1 aliphatic heterocycles. The zero-order valence-electron chi connectivity index (χ0n) is 9.87. The van der Waals surface area contributed by atoms with Crippen LogP contribution in [0.1, 0.15) is 0 Å². The first-order valence-electron chi connectivity index (χ1n) is 5.76. The van der Waals surface area contributed by atoms with Crippen LogP contribution in [0.5, 0.6) is 0 Å². The van der Waals surface area contributed by atoms with Gasteiger partial charge in [0.25, 0.3) is 0 Å². The molecule has 18 heavy (non-hydrogen) atoms. The van der Waals surface area contributed by atoms with Crippen LogP contribution in [0, 0.1) is 0 Å². The van der Waals surface area contributed by atoms with Gasteiger partial charge in [0, 0.05) is 18.8 Å². The fraction of sp³-hybridized carbons (Fsp3) is 0.364. The monoisotopic (exact) mass is 250 g/mol. The molecule has 1 aromatic carbocycles. The first kappa shape index (κ1) is 12.9. The lowest BCUT2D eigenvalue weighted by Gasteiger charge is -2.27. The Morgan fingerprint density at radius 2 is 2.06 bits per heavy atom. The molecule has 0 radical (unpaired) electrons. The van der Waals surface area contributed by atoms with Gasteiger partial charge in [0.1, 0.15) is 0 Å². The van der Waals surface area contributed by atoms with Gasteiger partial charge in [-0.2, -0.15) is 0 Å². The van der Waals surface area contributed by atoms with E-state index in [0.717, 1.165) is 0 Å². The van der Waals surface area contributed by atoms with Gasteiger partial charge in [0.2, 0.25) is 0 Å². The first-order chi connectivity index (χ1) is 8.66. The van der Waals surface area contributed by atoms with Gasteiger partial charge in [-0.1, -0.05) is 12.1 Å². The largest absolute Gasteiger partial charge is 0.488 e. The summed E-state index contributed by atoms with van der Waals surface area (Å²) in [6.07, 6.45) is 0. The van der Waals surface area contributed by atoms with E-state index in [1.165, 1.54) is 6.07 Å². The Labute approximate surface area is 105 Å². The second-order valence-electron chi connectivity index (χ2n) is 4.03. The Balaban J connectivity index is 1.99. The maximum atomic E-state index is 11.9. The normalized spacial score (nSPS) is 15.3. The third kappa shape index (κ3) is 3.22. The van der Waals surface area contributed by atoms with Crippen molar-refractivity contribution in [2.75, 3.05) is 31.6 Å². The molecule has 0 saturated carbocycles. The van der Waals surface area contributed by atoms with E-state index in [1.807, 2.05) is 0 Å². The second-order valence-corrected chi connectivity index (χ2v) is 4.03. The molecule has 1 fully saturated rings. The highest BCUT2D eigenvalue weighted by Gasteiger charge is 2.17. The van der Waals surface area contributed by atoms with Crippen molar-refractivity contribution in [1.82, 2.24) is 4.90 Å². The van der Waals surface area contributed by atoms with Gasteiger partial charge in [-0.15, -0.1) is 0 Å². The van der Waals surface area contributed by atoms with Crippen molar-refractivity contribution >= 4 is 24.3 Å². The van der Waals surface area contributed by atoms with Crippen molar-refractivity contribution < 1.29 is 19.6 Å². The van der Waals surface area contributed by atoms with E-state index in [9.17, 15) is 4.79 Å². The minimum absolute atomic E-state index is 0.206. The number of amides is 2. The van der Waals surface area contributed by atoms with E-state index in [2.05, 4.69) is 5.32 Å². The van der Waals surface area contributed by atoms with Crippen LogP contribution in [-0.4, -0.2) is 54.4 Å². The second kappa shape index (κ2) is 5.86. The van der Waals surface area contributed by atoms with Crippen LogP contribution in [0.2, 0.25) is 0 Å². The molecule has 6 nitrogen and oxygen atoms in total. The quantitative estimate of drug-likeness (QED) is 0.602. The Kier molecular flexibility index (Phi) is 4.19. The van der Waals surface area contributed by atoms with Crippen molar-refractivity contribution in [2.45, 2.75) is 0 Å². The number of benzene rings is 1. The van der Waals surface area contributed by atoms with Crippen molar-refractivity contribution in [1.29, 1.82) is 0 Å². The summed E-state index contributed by atoms with van der Waals surface area (Å²) in [7, 11) is -1.54. The molecule has 0 atom stereocenters. The molecule has 2 rings (SSSR count). The fourth-order valence-electron chi connectivity index (χ4n) is 1.75. The van der Waals surface area contributed by atoms with Gasteiger partial charge in [-0.05, 0) is 17.6 Å². The summed E-state index contributed by atoms with van der Waals surface area (Å²) in [6.45, 7) is 2.22. The SMILES string of the molecule is O=C(Nc1cccc(B(O)O)c1)N1CCOCC1. The lowest BCUT2D eigenvalue weighted by molar-refractivity contribution is 0.0564. The van der Waals surface area contributed by atoms with Gasteiger partial charge in [0.15, 0.2) is 0 Å². The number of nitrogens with zero attached hydrogens (tertiary/aromatic N) is 1. The van der Waals surface area contributed by atoms with Gasteiger partial charge < -0.3 is 25.0 Å². The zero-order chi connectivity index (χ0) is 13.0. The molecule has 1 aliphatic rings. The highest BCUT2D eigenvalue weighted by molar-refractivity contribution is 6.58. The number of hydrogen-bond acceptors (Lipinski definition) is 4. The number of morpholine rings is 1. The van der Waals surface area contributed by atoms with Gasteiger partial charge in [0.05, 0.1) is 13.2 Å². The third-order valence-corrected chi connectivity index (χ3v) is 2.73. The Hall–Kier alpha value is -1.57. The van der Waals surface area contributed by atoms with E-state index in [0.29, 0.717) is 37.5 Å². The van der Waals surface area contributed by atoms with Crippen LogP contribution in [0.3, 0.4) is 0 Å². The van der Waals surface area contributed by atoms with Crippen LogP contribution in [0.4, 0.5) is 10.5 Å². The van der Waals surface area contributed by atoms with E-state index < -0.39 is 7.12 Å². The molecule has 1 heterocycles. The minimum atomic E-state index is -1.54. The predicted molar refractivity (Wildman–Crippen MR) is 67.7 cm³/mol. The summed E-state index contributed by atoms with van der Waals surface area (Å²) in [5.74, 6) is 0. The molecule has 1 saturated heterocycles. The molecule has 0 spiro atoms. The topological polar surface area (TPSA) is 82.0 Å². The molecule has 7 heteroatoms. The number of carbonyl (C=O) groups is 1. The number of carbonyl (C=O) groups excluding carboxylic acids is 1. The van der Waals surface area contributed by atoms with Gasteiger partial charge in [-0.25, -0.2) is 4.79 Å². The molecular weight excluding hydrogens is 235 g/mol. The Morgan fingerprint density at radius 3 is 2.72 bits per heavy atom. The van der Waals surface area contributed by atoms with Crippen molar-refractivity contribution in [2.24, 2.45) is 0 Å². The van der Waals surface area contributed by atoms with E-state index in [-0.39, 0.29) is 6.03 Å². The zero-order valence-corrected chi connectivity index (χ0v) is 9.87. The average molecular weight is 250 g/mol. The lowest BCUT2D eigenvalue weighted by atomic mass is 9.80. The van der Waals surface area contributed by atoms with E-state index in [1.54, 1.807) is 23.1 Å². The van der Waals surface area contributed by atoms with Crippen LogP contribution in [0.15, 0.2) is 24.3 Å². The fourth-order valence-corrected chi connectivity index (χ4v) is 1.75. The molecule has 0 bridgehead atoms. The van der Waals surface area contributed by atoms with Gasteiger partial charge >= 0.3 is 13.1 Å². The van der Waals surface area contributed by atoms with Crippen LogP contribution < -0.4 is 10.8 Å². The number of nitrogens with one attached hydrogen (secondary N) is 1. The molecular formula is C11H15BN2O4. The number of hydrogen-bond donors (Lipinski definition) is 3. The predicted octanol–water partition coefficient (Wildman–Crippen LogP) is -0.770.